The van der Waals surface area contributed by atoms with Gasteiger partial charge >= 0.3 is 6.09 Å². The first kappa shape index (κ1) is 15.7. The van der Waals surface area contributed by atoms with Crippen molar-refractivity contribution in [1.29, 1.82) is 0 Å². The molecule has 21 heavy (non-hydrogen) atoms. The molecular formula is C17H25NO3. The van der Waals surface area contributed by atoms with Gasteiger partial charge in [-0.05, 0) is 42.7 Å². The molecule has 1 aliphatic carbocycles. The van der Waals surface area contributed by atoms with E-state index < -0.39 is 6.09 Å². The van der Waals surface area contributed by atoms with Crippen molar-refractivity contribution in [3.63, 3.8) is 0 Å². The average Bonchev–Trinajstić information content (AvgIpc) is 2.36. The fourth-order valence-electron chi connectivity index (χ4n) is 3.39. The summed E-state index contributed by atoms with van der Waals surface area (Å²) in [4.78, 5) is 12.1. The van der Waals surface area contributed by atoms with Gasteiger partial charge in [0.15, 0.2) is 0 Å². The van der Waals surface area contributed by atoms with E-state index in [1.165, 1.54) is 6.42 Å². The third-order valence-corrected chi connectivity index (χ3v) is 3.96. The number of hydrogen-bond donors (Lipinski definition) is 1. The van der Waals surface area contributed by atoms with Crippen LogP contribution < -0.4 is 10.1 Å². The first-order valence-corrected chi connectivity index (χ1v) is 7.50. The maximum absolute atomic E-state index is 12.1. The molecule has 1 N–H and O–H groups in total. The molecule has 1 aliphatic rings. The zero-order valence-corrected chi connectivity index (χ0v) is 13.3. The Morgan fingerprint density at radius 2 is 2.00 bits per heavy atom. The van der Waals surface area contributed by atoms with Gasteiger partial charge < -0.3 is 9.47 Å². The topological polar surface area (TPSA) is 47.6 Å². The number of carbonyl (C=O) groups is 1. The number of carbonyl (C=O) groups excluding carboxylic acids is 1. The minimum absolute atomic E-state index is 0.0153. The lowest BCUT2D eigenvalue weighted by Gasteiger charge is -2.38. The molecule has 0 heterocycles. The summed E-state index contributed by atoms with van der Waals surface area (Å²) in [6.07, 6.45) is 2.60. The van der Waals surface area contributed by atoms with E-state index in [-0.39, 0.29) is 11.5 Å². The van der Waals surface area contributed by atoms with Gasteiger partial charge in [-0.15, -0.1) is 0 Å². The Balaban J connectivity index is 1.95. The highest BCUT2D eigenvalue weighted by Crippen LogP contribution is 2.39. The van der Waals surface area contributed by atoms with Crippen LogP contribution >= 0.6 is 0 Å². The van der Waals surface area contributed by atoms with Gasteiger partial charge in [0, 0.05) is 0 Å². The molecule has 0 aromatic heterocycles. The van der Waals surface area contributed by atoms with E-state index in [1.807, 2.05) is 12.1 Å². The van der Waals surface area contributed by atoms with E-state index in [0.717, 1.165) is 12.8 Å². The number of hydrogen-bond acceptors (Lipinski definition) is 3. The van der Waals surface area contributed by atoms with Gasteiger partial charge in [-0.25, -0.2) is 4.79 Å². The molecule has 4 nitrogen and oxygen atoms in total. The third-order valence-electron chi connectivity index (χ3n) is 3.96. The zero-order valence-electron chi connectivity index (χ0n) is 13.3. The van der Waals surface area contributed by atoms with Gasteiger partial charge in [0.25, 0.3) is 0 Å². The summed E-state index contributed by atoms with van der Waals surface area (Å²) in [5.41, 5.74) is 0.862. The van der Waals surface area contributed by atoms with Crippen molar-refractivity contribution in [3.05, 3.63) is 24.3 Å². The Labute approximate surface area is 126 Å². The first-order valence-electron chi connectivity index (χ1n) is 7.50. The largest absolute Gasteiger partial charge is 0.495 e. The molecular weight excluding hydrogens is 266 g/mol. The minimum Gasteiger partial charge on any atom is -0.495 e. The molecule has 4 heteroatoms. The lowest BCUT2D eigenvalue weighted by Crippen LogP contribution is -2.35. The molecule has 2 atom stereocenters. The second-order valence-electron chi connectivity index (χ2n) is 6.77. The van der Waals surface area contributed by atoms with Crippen molar-refractivity contribution >= 4 is 11.8 Å². The highest BCUT2D eigenvalue weighted by molar-refractivity contribution is 5.86. The minimum atomic E-state index is -0.408. The summed E-state index contributed by atoms with van der Waals surface area (Å²) in [5, 5.41) is 2.76. The predicted octanol–water partition coefficient (Wildman–Crippen LogP) is 4.46. The van der Waals surface area contributed by atoms with Crippen LogP contribution in [0.4, 0.5) is 10.5 Å². The zero-order chi connectivity index (χ0) is 15.5. The highest BCUT2D eigenvalue weighted by Gasteiger charge is 2.34. The Bertz CT molecular complexity index is 499. The number of methoxy groups -OCH3 is 1. The molecule has 1 aromatic rings. The summed E-state index contributed by atoms with van der Waals surface area (Å²) >= 11 is 0. The van der Waals surface area contributed by atoms with Crippen molar-refractivity contribution < 1.29 is 14.3 Å². The summed E-state index contributed by atoms with van der Waals surface area (Å²) in [6, 6.07) is 7.32. The quantitative estimate of drug-likeness (QED) is 0.894. The van der Waals surface area contributed by atoms with E-state index in [0.29, 0.717) is 17.4 Å². The molecule has 1 saturated carbocycles. The van der Waals surface area contributed by atoms with Crippen LogP contribution in [-0.4, -0.2) is 19.3 Å². The second-order valence-corrected chi connectivity index (χ2v) is 6.77. The second kappa shape index (κ2) is 6.37. The molecule has 1 amide bonds. The Morgan fingerprint density at radius 1 is 1.29 bits per heavy atom. The van der Waals surface area contributed by atoms with Crippen LogP contribution in [0.5, 0.6) is 5.75 Å². The van der Waals surface area contributed by atoms with Crippen molar-refractivity contribution in [2.75, 3.05) is 12.4 Å². The maximum Gasteiger partial charge on any atom is 0.412 e. The molecule has 0 unspecified atom stereocenters. The van der Waals surface area contributed by atoms with Gasteiger partial charge in [0.05, 0.1) is 12.8 Å². The van der Waals surface area contributed by atoms with Crippen LogP contribution in [0.25, 0.3) is 0 Å². The number of amides is 1. The molecule has 0 aliphatic heterocycles. The van der Waals surface area contributed by atoms with Gasteiger partial charge in [0.2, 0.25) is 0 Å². The summed E-state index contributed by atoms with van der Waals surface area (Å²) in [5.74, 6) is 1.21. The van der Waals surface area contributed by atoms with E-state index in [2.05, 4.69) is 26.1 Å². The molecule has 0 bridgehead atoms. The van der Waals surface area contributed by atoms with Crippen molar-refractivity contribution in [2.24, 2.45) is 11.3 Å². The summed E-state index contributed by atoms with van der Waals surface area (Å²) < 4.78 is 10.8. The maximum atomic E-state index is 12.1. The molecule has 1 aromatic carbocycles. The molecule has 2 rings (SSSR count). The number of benzene rings is 1. The van der Waals surface area contributed by atoms with Crippen molar-refractivity contribution in [3.8, 4) is 5.75 Å². The van der Waals surface area contributed by atoms with E-state index in [1.54, 1.807) is 19.2 Å². The standard InChI is InChI=1S/C17H25NO3/c1-12-9-13(11-17(2,3)10-12)21-16(19)18-14-7-5-6-8-15(14)20-4/h5-8,12-13H,9-11H2,1-4H3,(H,18,19)/t12-,13-/m1/s1. The molecule has 0 radical (unpaired) electrons. The number of nitrogens with one attached hydrogen (secondary N) is 1. The molecule has 0 spiro atoms. The van der Waals surface area contributed by atoms with Gasteiger partial charge in [-0.2, -0.15) is 0 Å². The van der Waals surface area contributed by atoms with Gasteiger partial charge in [-0.3, -0.25) is 5.32 Å². The number of rotatable bonds is 3. The average molecular weight is 291 g/mol. The molecule has 1 fully saturated rings. The SMILES string of the molecule is COc1ccccc1NC(=O)O[C@@H]1C[C@@H](C)CC(C)(C)C1. The van der Waals surface area contributed by atoms with E-state index in [4.69, 9.17) is 9.47 Å². The van der Waals surface area contributed by atoms with E-state index >= 15 is 0 Å². The number of ether oxygens (including phenoxy) is 2. The lowest BCUT2D eigenvalue weighted by atomic mass is 9.71. The molecule has 116 valence electrons. The van der Waals surface area contributed by atoms with Crippen molar-refractivity contribution in [2.45, 2.75) is 46.1 Å². The van der Waals surface area contributed by atoms with Crippen LogP contribution in [0.1, 0.15) is 40.0 Å². The number of para-hydroxylation sites is 2. The van der Waals surface area contributed by atoms with E-state index in [9.17, 15) is 4.79 Å². The Hall–Kier alpha value is -1.71. The smallest absolute Gasteiger partial charge is 0.412 e. The summed E-state index contributed by atoms with van der Waals surface area (Å²) in [6.45, 7) is 6.68. The van der Waals surface area contributed by atoms with Crippen molar-refractivity contribution in [1.82, 2.24) is 0 Å². The van der Waals surface area contributed by atoms with Crippen LogP contribution in [-0.2, 0) is 4.74 Å². The Kier molecular flexibility index (Phi) is 4.76. The fourth-order valence-corrected chi connectivity index (χ4v) is 3.39. The van der Waals surface area contributed by atoms with Gasteiger partial charge in [-0.1, -0.05) is 32.9 Å². The third kappa shape index (κ3) is 4.38. The first-order chi connectivity index (χ1) is 9.89. The normalized spacial score (nSPS) is 24.2. The predicted molar refractivity (Wildman–Crippen MR) is 83.7 cm³/mol. The fraction of sp³-hybridized carbons (Fsp3) is 0.588. The van der Waals surface area contributed by atoms with Gasteiger partial charge in [0.1, 0.15) is 11.9 Å². The van der Waals surface area contributed by atoms with Crippen LogP contribution in [0.15, 0.2) is 24.3 Å². The number of anilines is 1. The summed E-state index contributed by atoms with van der Waals surface area (Å²) in [7, 11) is 1.58. The highest BCUT2D eigenvalue weighted by atomic mass is 16.6. The lowest BCUT2D eigenvalue weighted by molar-refractivity contribution is 0.0250. The van der Waals surface area contributed by atoms with Crippen LogP contribution in [0, 0.1) is 11.3 Å². The monoisotopic (exact) mass is 291 g/mol. The van der Waals surface area contributed by atoms with Crippen LogP contribution in [0.3, 0.4) is 0 Å². The Morgan fingerprint density at radius 3 is 2.67 bits per heavy atom. The van der Waals surface area contributed by atoms with Crippen LogP contribution in [0.2, 0.25) is 0 Å². The molecule has 0 saturated heterocycles.